The molecule has 32 heavy (non-hydrogen) atoms. The van der Waals surface area contributed by atoms with Crippen LogP contribution in [-0.2, 0) is 0 Å². The van der Waals surface area contributed by atoms with E-state index in [1.54, 1.807) is 12.0 Å². The highest BCUT2D eigenvalue weighted by Crippen LogP contribution is 2.32. The van der Waals surface area contributed by atoms with Crippen LogP contribution in [0.3, 0.4) is 0 Å². The first-order chi connectivity index (χ1) is 15.6. The van der Waals surface area contributed by atoms with Crippen molar-refractivity contribution in [1.82, 2.24) is 9.80 Å². The minimum absolute atomic E-state index is 0.0160. The third-order valence-corrected chi connectivity index (χ3v) is 6.55. The Morgan fingerprint density at radius 2 is 1.69 bits per heavy atom. The van der Waals surface area contributed by atoms with E-state index in [1.807, 2.05) is 60.5 Å². The lowest BCUT2D eigenvalue weighted by Gasteiger charge is -2.40. The zero-order valence-corrected chi connectivity index (χ0v) is 19.0. The zero-order chi connectivity index (χ0) is 22.5. The molecule has 6 nitrogen and oxygen atoms in total. The van der Waals surface area contributed by atoms with E-state index < -0.39 is 0 Å². The van der Waals surface area contributed by atoms with Crippen molar-refractivity contribution in [3.63, 3.8) is 0 Å². The molecule has 1 aliphatic heterocycles. The van der Waals surface area contributed by atoms with Crippen LogP contribution in [0.1, 0.15) is 59.2 Å². The molecule has 1 fully saturated rings. The number of hydrogen-bond donors (Lipinski definition) is 0. The molecule has 0 N–H and O–H groups in total. The van der Waals surface area contributed by atoms with Crippen molar-refractivity contribution in [2.24, 2.45) is 0 Å². The first kappa shape index (κ1) is 22.2. The van der Waals surface area contributed by atoms with Gasteiger partial charge in [0.1, 0.15) is 17.6 Å². The summed E-state index contributed by atoms with van der Waals surface area (Å²) in [4.78, 5) is 30.5. The molecular formula is C26H32N2O4. The van der Waals surface area contributed by atoms with Crippen molar-refractivity contribution in [1.29, 1.82) is 0 Å². The van der Waals surface area contributed by atoms with Gasteiger partial charge in [0.15, 0.2) is 0 Å². The number of nitrogens with zero attached hydrogens (tertiary/aromatic N) is 2. The first-order valence-corrected chi connectivity index (χ1v) is 11.6. The maximum atomic E-state index is 13.7. The van der Waals surface area contributed by atoms with E-state index in [0.717, 1.165) is 38.5 Å². The summed E-state index contributed by atoms with van der Waals surface area (Å²) in [5.74, 6) is 1.16. The third-order valence-electron chi connectivity index (χ3n) is 6.55. The molecule has 0 aromatic heterocycles. The lowest BCUT2D eigenvalue weighted by molar-refractivity contribution is 0.0259. The standard InChI is InChI=1S/C26H32N2O4/c1-27-17-9-10-18-28(26(30)19-11-3-6-14-22(19)31-2)21-13-5-8-16-24(21)32-23-15-7-4-12-20(23)25(27)29/h3-4,6-7,11-12,14-15,21,24H,5,8-10,13,16-18H2,1-2H3/t21-,24+/m1/s1. The zero-order valence-electron chi connectivity index (χ0n) is 19.0. The number of carbonyl (C=O) groups excluding carboxylic acids is 2. The number of fused-ring (bicyclic) bond motifs is 2. The number of amides is 2. The fourth-order valence-corrected chi connectivity index (χ4v) is 4.81. The highest BCUT2D eigenvalue weighted by atomic mass is 16.5. The van der Waals surface area contributed by atoms with Crippen LogP contribution in [-0.4, -0.2) is 61.0 Å². The van der Waals surface area contributed by atoms with E-state index in [9.17, 15) is 9.59 Å². The Kier molecular flexibility index (Phi) is 6.98. The average Bonchev–Trinajstić information content (AvgIpc) is 2.83. The van der Waals surface area contributed by atoms with Gasteiger partial charge >= 0.3 is 0 Å². The van der Waals surface area contributed by atoms with Gasteiger partial charge in [-0.1, -0.05) is 30.7 Å². The van der Waals surface area contributed by atoms with Crippen molar-refractivity contribution in [2.75, 3.05) is 27.2 Å². The summed E-state index contributed by atoms with van der Waals surface area (Å²) in [6.45, 7) is 1.27. The molecule has 0 saturated heterocycles. The van der Waals surface area contributed by atoms with Crippen LogP contribution in [0, 0.1) is 0 Å². The lowest BCUT2D eigenvalue weighted by Crippen LogP contribution is -2.51. The molecule has 2 aliphatic rings. The molecule has 0 unspecified atom stereocenters. The average molecular weight is 437 g/mol. The van der Waals surface area contributed by atoms with E-state index in [4.69, 9.17) is 9.47 Å². The number of para-hydroxylation sites is 2. The van der Waals surface area contributed by atoms with Gasteiger partial charge in [-0.05, 0) is 56.4 Å². The fourth-order valence-electron chi connectivity index (χ4n) is 4.81. The van der Waals surface area contributed by atoms with E-state index >= 15 is 0 Å². The van der Waals surface area contributed by atoms with Crippen LogP contribution in [0.4, 0.5) is 0 Å². The van der Waals surface area contributed by atoms with Gasteiger partial charge in [0.05, 0.1) is 24.3 Å². The van der Waals surface area contributed by atoms with E-state index in [2.05, 4.69) is 0 Å². The topological polar surface area (TPSA) is 59.1 Å². The first-order valence-electron chi connectivity index (χ1n) is 11.6. The Balaban J connectivity index is 1.71. The summed E-state index contributed by atoms with van der Waals surface area (Å²) >= 11 is 0. The van der Waals surface area contributed by atoms with Crippen LogP contribution in [0.25, 0.3) is 0 Å². The molecule has 4 rings (SSSR count). The Bertz CT molecular complexity index is 960. The van der Waals surface area contributed by atoms with Gasteiger partial charge < -0.3 is 19.3 Å². The van der Waals surface area contributed by atoms with E-state index in [0.29, 0.717) is 35.7 Å². The minimum atomic E-state index is -0.152. The Morgan fingerprint density at radius 1 is 0.969 bits per heavy atom. The van der Waals surface area contributed by atoms with Crippen molar-refractivity contribution < 1.29 is 19.1 Å². The summed E-state index contributed by atoms with van der Waals surface area (Å²) < 4.78 is 12.0. The highest BCUT2D eigenvalue weighted by Gasteiger charge is 2.36. The van der Waals surface area contributed by atoms with E-state index in [-0.39, 0.29) is 24.0 Å². The van der Waals surface area contributed by atoms with Gasteiger partial charge in [-0.25, -0.2) is 0 Å². The quantitative estimate of drug-likeness (QED) is 0.700. The number of benzene rings is 2. The highest BCUT2D eigenvalue weighted by molar-refractivity contribution is 5.97. The van der Waals surface area contributed by atoms with Gasteiger partial charge in [-0.3, -0.25) is 9.59 Å². The summed E-state index contributed by atoms with van der Waals surface area (Å²) in [5.41, 5.74) is 1.17. The number of hydrogen-bond acceptors (Lipinski definition) is 4. The molecule has 1 heterocycles. The Hall–Kier alpha value is -3.02. The summed E-state index contributed by atoms with van der Waals surface area (Å²) in [6, 6.07) is 14.8. The third kappa shape index (κ3) is 4.59. The molecule has 2 aromatic carbocycles. The fraction of sp³-hybridized carbons (Fsp3) is 0.462. The second-order valence-electron chi connectivity index (χ2n) is 8.64. The van der Waals surface area contributed by atoms with Gasteiger partial charge in [0, 0.05) is 20.1 Å². The normalized spacial score (nSPS) is 22.0. The van der Waals surface area contributed by atoms with Crippen molar-refractivity contribution in [3.8, 4) is 11.5 Å². The molecule has 170 valence electrons. The van der Waals surface area contributed by atoms with Crippen molar-refractivity contribution in [2.45, 2.75) is 50.7 Å². The molecule has 1 aliphatic carbocycles. The second-order valence-corrected chi connectivity index (χ2v) is 8.64. The Labute approximate surface area is 190 Å². The number of rotatable bonds is 2. The molecule has 2 aromatic rings. The monoisotopic (exact) mass is 436 g/mol. The number of carbonyl (C=O) groups is 2. The predicted octanol–water partition coefficient (Wildman–Crippen LogP) is 4.39. The van der Waals surface area contributed by atoms with Crippen LogP contribution in [0.2, 0.25) is 0 Å². The molecule has 2 atom stereocenters. The maximum Gasteiger partial charge on any atom is 0.257 e. The van der Waals surface area contributed by atoms with Crippen LogP contribution >= 0.6 is 0 Å². The molecule has 1 saturated carbocycles. The predicted molar refractivity (Wildman–Crippen MR) is 123 cm³/mol. The van der Waals surface area contributed by atoms with Crippen molar-refractivity contribution in [3.05, 3.63) is 59.7 Å². The van der Waals surface area contributed by atoms with Crippen molar-refractivity contribution >= 4 is 11.8 Å². The molecule has 0 spiro atoms. The largest absolute Gasteiger partial charge is 0.496 e. The van der Waals surface area contributed by atoms with Gasteiger partial charge in [0.25, 0.3) is 11.8 Å². The van der Waals surface area contributed by atoms with Crippen LogP contribution < -0.4 is 9.47 Å². The molecule has 0 radical (unpaired) electrons. The molecular weight excluding hydrogens is 404 g/mol. The van der Waals surface area contributed by atoms with Crippen LogP contribution in [0.5, 0.6) is 11.5 Å². The molecule has 2 amide bonds. The number of methoxy groups -OCH3 is 1. The Morgan fingerprint density at radius 3 is 2.53 bits per heavy atom. The molecule has 6 heteroatoms. The summed E-state index contributed by atoms with van der Waals surface area (Å²) in [5, 5.41) is 0. The van der Waals surface area contributed by atoms with Gasteiger partial charge in [-0.2, -0.15) is 0 Å². The SMILES string of the molecule is COc1ccccc1C(=O)N1CCCCN(C)C(=O)c2ccccc2O[C@H]2CCCC[C@H]21. The van der Waals surface area contributed by atoms with Gasteiger partial charge in [-0.15, -0.1) is 0 Å². The molecule has 0 bridgehead atoms. The summed E-state index contributed by atoms with van der Waals surface area (Å²) in [7, 11) is 3.42. The lowest BCUT2D eigenvalue weighted by atomic mass is 9.90. The number of ether oxygens (including phenoxy) is 2. The summed E-state index contributed by atoms with van der Waals surface area (Å²) in [6.07, 6.45) is 5.36. The minimum Gasteiger partial charge on any atom is -0.496 e. The van der Waals surface area contributed by atoms with Gasteiger partial charge in [0.2, 0.25) is 0 Å². The van der Waals surface area contributed by atoms with E-state index in [1.165, 1.54) is 0 Å². The second kappa shape index (κ2) is 10.1. The smallest absolute Gasteiger partial charge is 0.257 e. The van der Waals surface area contributed by atoms with Crippen LogP contribution in [0.15, 0.2) is 48.5 Å². The maximum absolute atomic E-state index is 13.7.